The van der Waals surface area contributed by atoms with Crippen LogP contribution in [0.25, 0.3) is 0 Å². The highest BCUT2D eigenvalue weighted by molar-refractivity contribution is 5.71. The first-order chi connectivity index (χ1) is 13.0. The Morgan fingerprint density at radius 1 is 1.11 bits per heavy atom. The predicted octanol–water partition coefficient (Wildman–Crippen LogP) is 4.34. The molecule has 2 unspecified atom stereocenters. The van der Waals surface area contributed by atoms with Gasteiger partial charge in [0.25, 0.3) is 5.69 Å². The molecule has 8 nitrogen and oxygen atoms in total. The van der Waals surface area contributed by atoms with E-state index in [1.165, 1.54) is 19.2 Å². The average molecular weight is 367 g/mol. The summed E-state index contributed by atoms with van der Waals surface area (Å²) < 4.78 is 5.08. The summed E-state index contributed by atoms with van der Waals surface area (Å²) in [5.74, 6) is 0.354. The van der Waals surface area contributed by atoms with Crippen molar-refractivity contribution in [1.82, 2.24) is 0 Å². The monoisotopic (exact) mass is 367 g/mol. The van der Waals surface area contributed by atoms with Gasteiger partial charge in [-0.15, -0.1) is 0 Å². The second-order valence-electron chi connectivity index (χ2n) is 6.66. The van der Waals surface area contributed by atoms with E-state index in [4.69, 9.17) is 4.74 Å². The zero-order valence-electron chi connectivity index (χ0n) is 14.5. The van der Waals surface area contributed by atoms with Crippen molar-refractivity contribution in [2.24, 2.45) is 5.92 Å². The number of allylic oxidation sites excluding steroid dienone is 2. The van der Waals surface area contributed by atoms with Gasteiger partial charge in [-0.1, -0.05) is 30.4 Å². The summed E-state index contributed by atoms with van der Waals surface area (Å²) in [6, 6.07) is 9.63. The number of anilines is 1. The fraction of sp³-hybridized carbons (Fsp3) is 0.263. The van der Waals surface area contributed by atoms with Crippen molar-refractivity contribution in [3.63, 3.8) is 0 Å². The number of para-hydroxylation sites is 1. The van der Waals surface area contributed by atoms with Crippen molar-refractivity contribution < 1.29 is 14.6 Å². The molecule has 0 radical (unpaired) electrons. The third-order valence-electron chi connectivity index (χ3n) is 5.33. The minimum absolute atomic E-state index is 0.0132. The summed E-state index contributed by atoms with van der Waals surface area (Å²) in [5, 5.41) is 26.2. The Hall–Kier alpha value is -3.42. The lowest BCUT2D eigenvalue weighted by molar-refractivity contribution is -0.385. The predicted molar refractivity (Wildman–Crippen MR) is 99.1 cm³/mol. The molecular weight excluding hydrogens is 350 g/mol. The van der Waals surface area contributed by atoms with Crippen LogP contribution in [0, 0.1) is 26.1 Å². The number of nitrogens with one attached hydrogen (secondary N) is 1. The number of nitrogens with zero attached hydrogens (tertiary/aromatic N) is 2. The van der Waals surface area contributed by atoms with Gasteiger partial charge in [-0.3, -0.25) is 20.2 Å². The SMILES string of the molecule is COc1ccc([C@H]2Nc3c(cccc3[N+](=O)[O-])C3C=CCC32)cc1[N+](=O)[O-]. The van der Waals surface area contributed by atoms with Gasteiger partial charge in [-0.2, -0.15) is 0 Å². The van der Waals surface area contributed by atoms with Gasteiger partial charge in [0.1, 0.15) is 5.69 Å². The highest BCUT2D eigenvalue weighted by Crippen LogP contribution is 2.52. The lowest BCUT2D eigenvalue weighted by atomic mass is 9.76. The molecular formula is C19H17N3O5. The van der Waals surface area contributed by atoms with E-state index in [1.807, 2.05) is 6.07 Å². The summed E-state index contributed by atoms with van der Waals surface area (Å²) in [5.41, 5.74) is 1.98. The number of rotatable bonds is 4. The number of benzene rings is 2. The number of hydrogen-bond acceptors (Lipinski definition) is 6. The Labute approximate surface area is 154 Å². The van der Waals surface area contributed by atoms with Crippen LogP contribution in [-0.4, -0.2) is 17.0 Å². The largest absolute Gasteiger partial charge is 0.490 e. The molecule has 27 heavy (non-hydrogen) atoms. The van der Waals surface area contributed by atoms with E-state index in [9.17, 15) is 20.2 Å². The first-order valence-electron chi connectivity index (χ1n) is 8.54. The van der Waals surface area contributed by atoms with Crippen molar-refractivity contribution in [2.45, 2.75) is 18.4 Å². The van der Waals surface area contributed by atoms with Crippen molar-refractivity contribution in [1.29, 1.82) is 0 Å². The molecule has 0 spiro atoms. The Morgan fingerprint density at radius 3 is 2.59 bits per heavy atom. The number of hydrogen-bond donors (Lipinski definition) is 1. The maximum absolute atomic E-state index is 11.5. The number of nitro groups is 2. The molecule has 138 valence electrons. The van der Waals surface area contributed by atoms with Crippen LogP contribution in [0.15, 0.2) is 48.6 Å². The number of methoxy groups -OCH3 is 1. The zero-order valence-corrected chi connectivity index (χ0v) is 14.5. The minimum atomic E-state index is -0.480. The van der Waals surface area contributed by atoms with Crippen LogP contribution in [0.5, 0.6) is 5.75 Å². The topological polar surface area (TPSA) is 108 Å². The van der Waals surface area contributed by atoms with Crippen LogP contribution in [0.3, 0.4) is 0 Å². The number of ether oxygens (including phenoxy) is 1. The maximum atomic E-state index is 11.5. The second kappa shape index (κ2) is 6.39. The third-order valence-corrected chi connectivity index (χ3v) is 5.33. The molecule has 1 N–H and O–H groups in total. The Balaban J connectivity index is 1.83. The first kappa shape index (κ1) is 17.0. The van der Waals surface area contributed by atoms with Gasteiger partial charge in [0.05, 0.1) is 23.0 Å². The van der Waals surface area contributed by atoms with E-state index in [2.05, 4.69) is 17.5 Å². The average Bonchev–Trinajstić information content (AvgIpc) is 3.16. The molecule has 0 bridgehead atoms. The van der Waals surface area contributed by atoms with E-state index in [0.717, 1.165) is 12.0 Å². The van der Waals surface area contributed by atoms with E-state index >= 15 is 0 Å². The molecule has 1 heterocycles. The summed E-state index contributed by atoms with van der Waals surface area (Å²) in [6.45, 7) is 0. The summed E-state index contributed by atoms with van der Waals surface area (Å²) >= 11 is 0. The molecule has 0 fully saturated rings. The molecule has 2 aromatic carbocycles. The fourth-order valence-electron chi connectivity index (χ4n) is 4.13. The van der Waals surface area contributed by atoms with E-state index in [-0.39, 0.29) is 35.0 Å². The summed E-state index contributed by atoms with van der Waals surface area (Å²) in [4.78, 5) is 22.0. The highest BCUT2D eigenvalue weighted by Gasteiger charge is 2.40. The zero-order chi connectivity index (χ0) is 19.1. The van der Waals surface area contributed by atoms with Gasteiger partial charge >= 0.3 is 5.69 Å². The molecule has 2 aliphatic rings. The van der Waals surface area contributed by atoms with Gasteiger partial charge in [-0.25, -0.2) is 0 Å². The Morgan fingerprint density at radius 2 is 1.89 bits per heavy atom. The lowest BCUT2D eigenvalue weighted by Gasteiger charge is -2.37. The van der Waals surface area contributed by atoms with Gasteiger partial charge in [0, 0.05) is 18.1 Å². The molecule has 8 heteroatoms. The highest BCUT2D eigenvalue weighted by atomic mass is 16.6. The minimum Gasteiger partial charge on any atom is -0.490 e. The summed E-state index contributed by atoms with van der Waals surface area (Å²) in [7, 11) is 1.39. The van der Waals surface area contributed by atoms with Gasteiger partial charge in [0.15, 0.2) is 5.75 Å². The number of nitro benzene ring substituents is 2. The van der Waals surface area contributed by atoms with Crippen molar-refractivity contribution in [3.05, 3.63) is 79.9 Å². The van der Waals surface area contributed by atoms with E-state index < -0.39 is 9.85 Å². The van der Waals surface area contributed by atoms with Crippen molar-refractivity contribution >= 4 is 17.1 Å². The maximum Gasteiger partial charge on any atom is 0.311 e. The van der Waals surface area contributed by atoms with Crippen molar-refractivity contribution in [3.8, 4) is 5.75 Å². The molecule has 0 saturated carbocycles. The third kappa shape index (κ3) is 2.69. The van der Waals surface area contributed by atoms with Crippen LogP contribution in [-0.2, 0) is 0 Å². The van der Waals surface area contributed by atoms with Gasteiger partial charge in [-0.05, 0) is 29.5 Å². The molecule has 1 aliphatic heterocycles. The van der Waals surface area contributed by atoms with Crippen LogP contribution in [0.4, 0.5) is 17.1 Å². The smallest absolute Gasteiger partial charge is 0.311 e. The quantitative estimate of drug-likeness (QED) is 0.489. The van der Waals surface area contributed by atoms with Crippen LogP contribution < -0.4 is 10.1 Å². The van der Waals surface area contributed by atoms with Crippen molar-refractivity contribution in [2.75, 3.05) is 12.4 Å². The normalized spacial score (nSPS) is 22.5. The molecule has 1 aliphatic carbocycles. The van der Waals surface area contributed by atoms with Gasteiger partial charge < -0.3 is 10.1 Å². The van der Waals surface area contributed by atoms with Crippen LogP contribution >= 0.6 is 0 Å². The number of fused-ring (bicyclic) bond motifs is 3. The molecule has 0 saturated heterocycles. The van der Waals surface area contributed by atoms with Crippen LogP contribution in [0.2, 0.25) is 0 Å². The Kier molecular flexibility index (Phi) is 4.02. The standard InChI is InChI=1S/C19H17N3O5/c1-27-17-9-8-11(10-16(17)22(25)26)18-13-5-2-4-12(13)14-6-3-7-15(21(23)24)19(14)20-18/h2-4,6-10,12-13,18,20H,5H2,1H3/t12?,13?,18-/m1/s1. The molecule has 0 aromatic heterocycles. The molecule has 2 aromatic rings. The van der Waals surface area contributed by atoms with Crippen LogP contribution in [0.1, 0.15) is 29.5 Å². The second-order valence-corrected chi connectivity index (χ2v) is 6.66. The lowest BCUT2D eigenvalue weighted by Crippen LogP contribution is -2.29. The van der Waals surface area contributed by atoms with Gasteiger partial charge in [0.2, 0.25) is 0 Å². The Bertz CT molecular complexity index is 972. The molecule has 4 rings (SSSR count). The first-order valence-corrected chi connectivity index (χ1v) is 8.54. The van der Waals surface area contributed by atoms with E-state index in [0.29, 0.717) is 11.3 Å². The summed E-state index contributed by atoms with van der Waals surface area (Å²) in [6.07, 6.45) is 4.93. The molecule has 0 amide bonds. The molecule has 3 atom stereocenters. The van der Waals surface area contributed by atoms with E-state index in [1.54, 1.807) is 18.2 Å². The fourth-order valence-corrected chi connectivity index (χ4v) is 4.13.